The fourth-order valence-corrected chi connectivity index (χ4v) is 5.55. The number of methoxy groups -OCH3 is 1. The topological polar surface area (TPSA) is 50.8 Å². The predicted molar refractivity (Wildman–Crippen MR) is 127 cm³/mol. The molecule has 1 aliphatic carbocycles. The molecule has 1 heterocycles. The number of amides is 1. The highest BCUT2D eigenvalue weighted by Crippen LogP contribution is 2.49. The Kier molecular flexibility index (Phi) is 7.15. The van der Waals surface area contributed by atoms with Gasteiger partial charge in [-0.2, -0.15) is 0 Å². The number of hydrogen-bond acceptors (Lipinski definition) is 4. The van der Waals surface area contributed by atoms with Gasteiger partial charge in [0.1, 0.15) is 12.4 Å². The summed E-state index contributed by atoms with van der Waals surface area (Å²) in [5.41, 5.74) is 2.35. The number of rotatable bonds is 7. The molecule has 170 valence electrons. The number of ether oxygens (including phenoxy) is 2. The van der Waals surface area contributed by atoms with Crippen molar-refractivity contribution in [2.75, 3.05) is 26.7 Å². The van der Waals surface area contributed by atoms with Gasteiger partial charge in [0, 0.05) is 24.5 Å². The molecule has 0 radical (unpaired) electrons. The molecule has 0 bridgehead atoms. The average molecular weight is 435 g/mol. The largest absolute Gasteiger partial charge is 0.497 e. The van der Waals surface area contributed by atoms with Gasteiger partial charge in [0.25, 0.3) is 0 Å². The minimum Gasteiger partial charge on any atom is -0.497 e. The monoisotopic (exact) mass is 434 g/mol. The maximum Gasteiger partial charge on any atom is 0.407 e. The molecule has 0 spiro atoms. The Morgan fingerprint density at radius 2 is 2.06 bits per heavy atom. The molecule has 4 rings (SSSR count). The van der Waals surface area contributed by atoms with Gasteiger partial charge in [-0.15, -0.1) is 6.58 Å². The van der Waals surface area contributed by atoms with Crippen LogP contribution in [0, 0.1) is 5.92 Å². The number of hydrogen-bond donors (Lipinski definition) is 1. The van der Waals surface area contributed by atoms with E-state index in [-0.39, 0.29) is 17.6 Å². The summed E-state index contributed by atoms with van der Waals surface area (Å²) in [6.07, 6.45) is 5.70. The van der Waals surface area contributed by atoms with Crippen molar-refractivity contribution in [2.45, 2.75) is 43.7 Å². The number of carbonyl (C=O) groups is 1. The minimum atomic E-state index is -0.331. The Morgan fingerprint density at radius 3 is 2.84 bits per heavy atom. The summed E-state index contributed by atoms with van der Waals surface area (Å²) in [6.45, 7) is 7.24. The van der Waals surface area contributed by atoms with Crippen LogP contribution >= 0.6 is 0 Å². The second kappa shape index (κ2) is 10.2. The maximum absolute atomic E-state index is 12.6. The van der Waals surface area contributed by atoms with Gasteiger partial charge >= 0.3 is 6.09 Å². The van der Waals surface area contributed by atoms with E-state index in [4.69, 9.17) is 9.47 Å². The Bertz CT molecular complexity index is 916. The summed E-state index contributed by atoms with van der Waals surface area (Å²) in [4.78, 5) is 15.0. The molecule has 2 aromatic rings. The van der Waals surface area contributed by atoms with Crippen molar-refractivity contribution in [2.24, 2.45) is 5.92 Å². The number of benzene rings is 2. The molecule has 0 aromatic heterocycles. The molecule has 1 amide bonds. The van der Waals surface area contributed by atoms with Crippen molar-refractivity contribution in [3.8, 4) is 5.75 Å². The number of alkyl carbamates (subject to hydrolysis) is 1. The normalized spacial score (nSPS) is 25.4. The van der Waals surface area contributed by atoms with E-state index in [1.165, 1.54) is 5.56 Å². The highest BCUT2D eigenvalue weighted by Gasteiger charge is 2.48. The Balaban J connectivity index is 1.48. The van der Waals surface area contributed by atoms with Crippen molar-refractivity contribution in [3.63, 3.8) is 0 Å². The summed E-state index contributed by atoms with van der Waals surface area (Å²) in [5, 5.41) is 3.16. The SMILES string of the molecule is C=CCN1CC[C@@]2(c3cccc(OC)c3)C[C@H](NC(=O)OCc3ccccc3)CC[C@@H]2C1. The van der Waals surface area contributed by atoms with Crippen LogP contribution in [0.3, 0.4) is 0 Å². The van der Waals surface area contributed by atoms with Crippen LogP contribution in [0.25, 0.3) is 0 Å². The van der Waals surface area contributed by atoms with E-state index >= 15 is 0 Å². The van der Waals surface area contributed by atoms with Crippen LogP contribution in [0.2, 0.25) is 0 Å². The third kappa shape index (κ3) is 4.99. The zero-order valence-electron chi connectivity index (χ0n) is 19.0. The van der Waals surface area contributed by atoms with Gasteiger partial charge in [-0.05, 0) is 61.4 Å². The maximum atomic E-state index is 12.6. The van der Waals surface area contributed by atoms with Crippen LogP contribution in [0.5, 0.6) is 5.75 Å². The highest BCUT2D eigenvalue weighted by molar-refractivity contribution is 5.67. The van der Waals surface area contributed by atoms with Crippen molar-refractivity contribution in [1.29, 1.82) is 0 Å². The zero-order valence-corrected chi connectivity index (χ0v) is 19.0. The van der Waals surface area contributed by atoms with E-state index in [1.54, 1.807) is 7.11 Å². The highest BCUT2D eigenvalue weighted by atomic mass is 16.5. The zero-order chi connectivity index (χ0) is 22.4. The second-order valence-corrected chi connectivity index (χ2v) is 9.07. The molecule has 5 heteroatoms. The molecule has 2 fully saturated rings. The number of likely N-dealkylation sites (tertiary alicyclic amines) is 1. The molecule has 0 unspecified atom stereocenters. The van der Waals surface area contributed by atoms with Gasteiger partial charge < -0.3 is 14.8 Å². The summed E-state index contributed by atoms with van der Waals surface area (Å²) in [6, 6.07) is 18.4. The van der Waals surface area contributed by atoms with Crippen LogP contribution in [0.1, 0.15) is 36.8 Å². The third-order valence-corrected chi connectivity index (χ3v) is 7.18. The van der Waals surface area contributed by atoms with E-state index in [1.807, 2.05) is 42.5 Å². The van der Waals surface area contributed by atoms with Gasteiger partial charge in [0.15, 0.2) is 0 Å². The van der Waals surface area contributed by atoms with Crippen LogP contribution in [0.15, 0.2) is 67.3 Å². The van der Waals surface area contributed by atoms with Gasteiger partial charge in [-0.25, -0.2) is 4.79 Å². The van der Waals surface area contributed by atoms with Gasteiger partial charge in [0.05, 0.1) is 7.11 Å². The van der Waals surface area contributed by atoms with Crippen LogP contribution in [0.4, 0.5) is 4.79 Å². The Morgan fingerprint density at radius 1 is 1.22 bits per heavy atom. The number of nitrogens with zero attached hydrogens (tertiary/aromatic N) is 1. The molecule has 1 N–H and O–H groups in total. The molecular weight excluding hydrogens is 400 g/mol. The lowest BCUT2D eigenvalue weighted by atomic mass is 9.58. The van der Waals surface area contributed by atoms with E-state index in [2.05, 4.69) is 35.0 Å². The Hall–Kier alpha value is -2.79. The van der Waals surface area contributed by atoms with E-state index in [9.17, 15) is 4.79 Å². The quantitative estimate of drug-likeness (QED) is 0.629. The Labute approximate surface area is 191 Å². The average Bonchev–Trinajstić information content (AvgIpc) is 2.84. The molecule has 3 atom stereocenters. The minimum absolute atomic E-state index is 0.0296. The lowest BCUT2D eigenvalue weighted by molar-refractivity contribution is 0.0471. The van der Waals surface area contributed by atoms with Crippen LogP contribution in [-0.2, 0) is 16.8 Å². The van der Waals surface area contributed by atoms with E-state index < -0.39 is 0 Å². The van der Waals surface area contributed by atoms with E-state index in [0.717, 1.165) is 56.6 Å². The lowest BCUT2D eigenvalue weighted by Gasteiger charge is -2.53. The molecule has 1 saturated carbocycles. The molecule has 2 aromatic carbocycles. The predicted octanol–water partition coefficient (Wildman–Crippen LogP) is 4.92. The van der Waals surface area contributed by atoms with Crippen LogP contribution < -0.4 is 10.1 Å². The molecular formula is C27H34N2O3. The van der Waals surface area contributed by atoms with Gasteiger partial charge in [-0.1, -0.05) is 48.5 Å². The van der Waals surface area contributed by atoms with Gasteiger partial charge in [0.2, 0.25) is 0 Å². The molecule has 1 aliphatic heterocycles. The first-order valence-electron chi connectivity index (χ1n) is 11.6. The number of piperidine rings is 1. The molecule has 32 heavy (non-hydrogen) atoms. The van der Waals surface area contributed by atoms with E-state index in [0.29, 0.717) is 12.5 Å². The first-order chi connectivity index (χ1) is 15.6. The molecule has 2 aliphatic rings. The fourth-order valence-electron chi connectivity index (χ4n) is 5.55. The number of carbonyl (C=O) groups excluding carboxylic acids is 1. The lowest BCUT2D eigenvalue weighted by Crippen LogP contribution is -2.56. The van der Waals surface area contributed by atoms with Crippen molar-refractivity contribution >= 4 is 6.09 Å². The first kappa shape index (κ1) is 22.4. The summed E-state index contributed by atoms with van der Waals surface area (Å²) >= 11 is 0. The summed E-state index contributed by atoms with van der Waals surface area (Å²) in [5.74, 6) is 1.43. The standard InChI is InChI=1S/C27H34N2O3/c1-3-15-29-16-14-27(22-10-7-11-25(17-22)31-2)18-24(13-12-23(27)19-29)28-26(30)32-20-21-8-5-4-6-9-21/h3-11,17,23-24H,1,12-16,18-20H2,2H3,(H,28,30)/t23-,24-,27+/m1/s1. The van der Waals surface area contributed by atoms with Crippen LogP contribution in [-0.4, -0.2) is 43.8 Å². The fraction of sp³-hybridized carbons (Fsp3) is 0.444. The van der Waals surface area contributed by atoms with Crippen molar-refractivity contribution in [1.82, 2.24) is 10.2 Å². The van der Waals surface area contributed by atoms with Crippen molar-refractivity contribution in [3.05, 3.63) is 78.4 Å². The second-order valence-electron chi connectivity index (χ2n) is 9.07. The smallest absolute Gasteiger partial charge is 0.407 e. The number of fused-ring (bicyclic) bond motifs is 1. The number of nitrogens with one attached hydrogen (secondary N) is 1. The van der Waals surface area contributed by atoms with Gasteiger partial charge in [-0.3, -0.25) is 4.90 Å². The summed E-state index contributed by atoms with van der Waals surface area (Å²) in [7, 11) is 1.72. The molecule has 5 nitrogen and oxygen atoms in total. The van der Waals surface area contributed by atoms with Crippen molar-refractivity contribution < 1.29 is 14.3 Å². The first-order valence-corrected chi connectivity index (χ1v) is 11.6. The summed E-state index contributed by atoms with van der Waals surface area (Å²) < 4.78 is 11.0. The third-order valence-electron chi connectivity index (χ3n) is 7.18. The molecule has 1 saturated heterocycles.